The zero-order chi connectivity index (χ0) is 23.5. The Morgan fingerprint density at radius 3 is 2.74 bits per heavy atom. The van der Waals surface area contributed by atoms with E-state index >= 15 is 0 Å². The molecule has 8 nitrogen and oxygen atoms in total. The van der Waals surface area contributed by atoms with Crippen LogP contribution in [0.4, 0.5) is 17.5 Å². The number of fused-ring (bicyclic) bond motifs is 1. The topological polar surface area (TPSA) is 79.2 Å². The molecule has 3 aromatic heterocycles. The van der Waals surface area contributed by atoms with E-state index in [0.29, 0.717) is 23.8 Å². The van der Waals surface area contributed by atoms with E-state index in [1.165, 1.54) is 0 Å². The maximum atomic E-state index is 13.1. The number of nitrogens with zero attached hydrogens (tertiary/aromatic N) is 6. The van der Waals surface area contributed by atoms with E-state index in [2.05, 4.69) is 26.6 Å². The molecule has 1 amide bonds. The molecule has 0 spiro atoms. The first-order valence-corrected chi connectivity index (χ1v) is 12.8. The Balaban J connectivity index is 1.53. The van der Waals surface area contributed by atoms with Gasteiger partial charge in [-0.3, -0.25) is 9.36 Å². The highest BCUT2D eigenvalue weighted by molar-refractivity contribution is 7.08. The Morgan fingerprint density at radius 2 is 2.00 bits per heavy atom. The smallest absolute Gasteiger partial charge is 0.229 e. The van der Waals surface area contributed by atoms with E-state index in [1.54, 1.807) is 17.7 Å². The molecule has 1 aromatic carbocycles. The summed E-state index contributed by atoms with van der Waals surface area (Å²) in [5.41, 5.74) is 3.42. The average Bonchev–Trinajstić information content (AvgIpc) is 3.55. The Morgan fingerprint density at radius 1 is 1.18 bits per heavy atom. The molecule has 176 valence electrons. The molecule has 1 aliphatic heterocycles. The minimum Gasteiger partial charge on any atom is -0.343 e. The van der Waals surface area contributed by atoms with Gasteiger partial charge in [-0.25, -0.2) is 4.98 Å². The van der Waals surface area contributed by atoms with Crippen molar-refractivity contribution >= 4 is 45.9 Å². The quantitative estimate of drug-likeness (QED) is 0.417. The number of hydrogen-bond acceptors (Lipinski definition) is 7. The van der Waals surface area contributed by atoms with Gasteiger partial charge in [-0.2, -0.15) is 21.3 Å². The number of anilines is 3. The van der Waals surface area contributed by atoms with Crippen molar-refractivity contribution in [2.24, 2.45) is 5.92 Å². The summed E-state index contributed by atoms with van der Waals surface area (Å²) >= 11 is 1.64. The summed E-state index contributed by atoms with van der Waals surface area (Å²) in [5, 5.41) is 7.55. The van der Waals surface area contributed by atoms with E-state index in [4.69, 9.17) is 9.97 Å². The highest BCUT2D eigenvalue weighted by Crippen LogP contribution is 2.30. The van der Waals surface area contributed by atoms with Crippen LogP contribution in [-0.4, -0.2) is 56.5 Å². The van der Waals surface area contributed by atoms with Gasteiger partial charge in [-0.05, 0) is 50.3 Å². The molecule has 4 aromatic rings. The summed E-state index contributed by atoms with van der Waals surface area (Å²) in [5.74, 6) is 1.47. The Labute approximate surface area is 203 Å². The molecule has 4 heterocycles. The van der Waals surface area contributed by atoms with Gasteiger partial charge in [0.15, 0.2) is 17.0 Å². The third-order valence-corrected chi connectivity index (χ3v) is 7.00. The second-order valence-electron chi connectivity index (χ2n) is 8.43. The van der Waals surface area contributed by atoms with Crippen LogP contribution in [0.25, 0.3) is 16.9 Å². The molecular weight excluding hydrogens is 446 g/mol. The standard InChI is InChI=1S/C25H29N7OS/c1-3-30(4-2)24(33)18-9-8-13-31(15-18)25-28-22(27-19-10-6-5-7-11-19)21-23(29-25)32(17-26-21)20-12-14-34-16-20/h5-7,10-12,14,16-18H,3-4,8-9,13,15H2,1-2H3,(H,27,28,29). The number of carbonyl (C=O) groups is 1. The number of aromatic nitrogens is 4. The van der Waals surface area contributed by atoms with E-state index in [1.807, 2.05) is 59.0 Å². The van der Waals surface area contributed by atoms with Gasteiger partial charge in [0, 0.05) is 37.2 Å². The zero-order valence-corrected chi connectivity index (χ0v) is 20.3. The molecule has 0 radical (unpaired) electrons. The van der Waals surface area contributed by atoms with Gasteiger partial charge < -0.3 is 15.1 Å². The molecule has 0 saturated carbocycles. The van der Waals surface area contributed by atoms with Crippen molar-refractivity contribution < 1.29 is 4.79 Å². The average molecular weight is 476 g/mol. The fourth-order valence-corrected chi connectivity index (χ4v) is 5.14. The third-order valence-electron chi connectivity index (χ3n) is 6.33. The number of nitrogens with one attached hydrogen (secondary N) is 1. The molecule has 34 heavy (non-hydrogen) atoms. The SMILES string of the molecule is CCN(CC)C(=O)C1CCCN(c2nc(Nc3ccccc3)c3ncn(-c4ccsc4)c3n2)C1. The fraction of sp³-hybridized carbons (Fsp3) is 0.360. The van der Waals surface area contributed by atoms with Crippen molar-refractivity contribution in [1.82, 2.24) is 24.4 Å². The molecule has 1 fully saturated rings. The maximum Gasteiger partial charge on any atom is 0.229 e. The number of imidazole rings is 1. The normalized spacial score (nSPS) is 16.1. The number of thiophene rings is 1. The van der Waals surface area contributed by atoms with Crippen LogP contribution < -0.4 is 10.2 Å². The van der Waals surface area contributed by atoms with E-state index in [0.717, 1.165) is 49.5 Å². The molecule has 0 bridgehead atoms. The van der Waals surface area contributed by atoms with Gasteiger partial charge in [-0.1, -0.05) is 18.2 Å². The summed E-state index contributed by atoms with van der Waals surface area (Å²) < 4.78 is 2.00. The lowest BCUT2D eigenvalue weighted by Gasteiger charge is -2.34. The number of piperidine rings is 1. The molecular formula is C25H29N7OS. The van der Waals surface area contributed by atoms with E-state index < -0.39 is 0 Å². The highest BCUT2D eigenvalue weighted by atomic mass is 32.1. The first-order valence-electron chi connectivity index (χ1n) is 11.8. The van der Waals surface area contributed by atoms with Crippen molar-refractivity contribution in [3.05, 3.63) is 53.5 Å². The second kappa shape index (κ2) is 9.80. The Bertz CT molecular complexity index is 1250. The monoisotopic (exact) mass is 475 g/mol. The largest absolute Gasteiger partial charge is 0.343 e. The summed E-state index contributed by atoms with van der Waals surface area (Å²) in [6.45, 7) is 6.99. The lowest BCUT2D eigenvalue weighted by Crippen LogP contribution is -2.45. The van der Waals surface area contributed by atoms with Crippen molar-refractivity contribution in [3.8, 4) is 5.69 Å². The first kappa shape index (κ1) is 22.3. The summed E-state index contributed by atoms with van der Waals surface area (Å²) in [6.07, 6.45) is 3.63. The zero-order valence-electron chi connectivity index (χ0n) is 19.5. The molecule has 9 heteroatoms. The summed E-state index contributed by atoms with van der Waals surface area (Å²) in [7, 11) is 0. The van der Waals surface area contributed by atoms with Crippen molar-refractivity contribution in [1.29, 1.82) is 0 Å². The molecule has 1 unspecified atom stereocenters. The van der Waals surface area contributed by atoms with E-state index in [-0.39, 0.29) is 11.8 Å². The lowest BCUT2D eigenvalue weighted by molar-refractivity contribution is -0.135. The van der Waals surface area contributed by atoms with Gasteiger partial charge >= 0.3 is 0 Å². The first-order chi connectivity index (χ1) is 16.7. The molecule has 0 aliphatic carbocycles. The van der Waals surface area contributed by atoms with Gasteiger partial charge in [0.1, 0.15) is 6.33 Å². The third kappa shape index (κ3) is 4.35. The van der Waals surface area contributed by atoms with Crippen molar-refractivity contribution in [2.45, 2.75) is 26.7 Å². The molecule has 1 saturated heterocycles. The number of rotatable bonds is 7. The maximum absolute atomic E-state index is 13.1. The molecule has 1 atom stereocenters. The summed E-state index contributed by atoms with van der Waals surface area (Å²) in [6, 6.07) is 12.0. The number of hydrogen-bond donors (Lipinski definition) is 1. The minimum atomic E-state index is -0.0414. The second-order valence-corrected chi connectivity index (χ2v) is 9.21. The Kier molecular flexibility index (Phi) is 6.44. The number of para-hydroxylation sites is 1. The van der Waals surface area contributed by atoms with Crippen LogP contribution in [0.15, 0.2) is 53.5 Å². The van der Waals surface area contributed by atoms with E-state index in [9.17, 15) is 4.79 Å². The predicted octanol–water partition coefficient (Wildman–Crippen LogP) is 4.71. The molecule has 5 rings (SSSR count). The number of carbonyl (C=O) groups excluding carboxylic acids is 1. The van der Waals surface area contributed by atoms with Gasteiger partial charge in [0.05, 0.1) is 11.6 Å². The minimum absolute atomic E-state index is 0.0414. The fourth-order valence-electron chi connectivity index (χ4n) is 4.51. The van der Waals surface area contributed by atoms with Crippen LogP contribution >= 0.6 is 11.3 Å². The highest BCUT2D eigenvalue weighted by Gasteiger charge is 2.30. The predicted molar refractivity (Wildman–Crippen MR) is 137 cm³/mol. The Hall–Kier alpha value is -3.46. The molecule has 1 N–H and O–H groups in total. The van der Waals surface area contributed by atoms with Crippen LogP contribution in [0.2, 0.25) is 0 Å². The van der Waals surface area contributed by atoms with Crippen LogP contribution in [-0.2, 0) is 4.79 Å². The van der Waals surface area contributed by atoms with Gasteiger partial charge in [0.25, 0.3) is 0 Å². The van der Waals surface area contributed by atoms with Crippen LogP contribution in [0, 0.1) is 5.92 Å². The number of amides is 1. The van der Waals surface area contributed by atoms with Crippen LogP contribution in [0.1, 0.15) is 26.7 Å². The van der Waals surface area contributed by atoms with Gasteiger partial charge in [0.2, 0.25) is 11.9 Å². The van der Waals surface area contributed by atoms with Crippen molar-refractivity contribution in [2.75, 3.05) is 36.4 Å². The van der Waals surface area contributed by atoms with Crippen LogP contribution in [0.5, 0.6) is 0 Å². The molecule has 1 aliphatic rings. The van der Waals surface area contributed by atoms with Gasteiger partial charge in [-0.15, -0.1) is 0 Å². The van der Waals surface area contributed by atoms with Crippen LogP contribution in [0.3, 0.4) is 0 Å². The summed E-state index contributed by atoms with van der Waals surface area (Å²) in [4.78, 5) is 31.6. The number of benzene rings is 1. The van der Waals surface area contributed by atoms with Crippen molar-refractivity contribution in [3.63, 3.8) is 0 Å². The lowest BCUT2D eigenvalue weighted by atomic mass is 9.96.